The summed E-state index contributed by atoms with van der Waals surface area (Å²) in [6.07, 6.45) is 6.51. The molecule has 1 aromatic heterocycles. The first kappa shape index (κ1) is 26.9. The van der Waals surface area contributed by atoms with Crippen molar-refractivity contribution < 1.29 is 14.3 Å². The molecule has 3 aliphatic rings. The minimum Gasteiger partial charge on any atom is -0.497 e. The molecule has 3 heterocycles. The summed E-state index contributed by atoms with van der Waals surface area (Å²) in [5.74, 6) is 1.05. The fraction of sp³-hybridized carbons (Fsp3) is 0.406. The van der Waals surface area contributed by atoms with Crippen LogP contribution in [0.25, 0.3) is 0 Å². The van der Waals surface area contributed by atoms with Crippen LogP contribution in [0.1, 0.15) is 60.5 Å². The fourth-order valence-corrected chi connectivity index (χ4v) is 6.65. The van der Waals surface area contributed by atoms with Crippen molar-refractivity contribution in [3.63, 3.8) is 0 Å². The van der Waals surface area contributed by atoms with E-state index in [9.17, 15) is 14.4 Å². The smallest absolute Gasteiger partial charge is 0.323 e. The SMILES string of the molecule is COc1cccc(NC(=O)Nc2cc(C(=O)NC3CCCCC3)ccc2N2C[C@H]3C[C@@H](C2)c2cccc(=O)n2C3)c1. The molecule has 214 valence electrons. The van der Waals surface area contributed by atoms with Crippen molar-refractivity contribution in [1.29, 1.82) is 0 Å². The Balaban J connectivity index is 1.27. The van der Waals surface area contributed by atoms with Gasteiger partial charge in [-0.3, -0.25) is 9.59 Å². The highest BCUT2D eigenvalue weighted by molar-refractivity contribution is 6.04. The molecule has 0 unspecified atom stereocenters. The van der Waals surface area contributed by atoms with Crippen LogP contribution in [-0.4, -0.2) is 42.7 Å². The number of aromatic nitrogens is 1. The van der Waals surface area contributed by atoms with Gasteiger partial charge in [0.15, 0.2) is 0 Å². The number of hydrogen-bond donors (Lipinski definition) is 3. The van der Waals surface area contributed by atoms with Gasteiger partial charge in [-0.15, -0.1) is 0 Å². The Bertz CT molecular complexity index is 1500. The standard InChI is InChI=1S/C32H37N5O4/c1-41-26-10-5-9-25(17-26)34-32(40)35-27-16-22(31(39)33-24-7-3-2-4-8-24)13-14-29(27)36-18-21-15-23(20-36)28-11-6-12-30(38)37(28)19-21/h5-6,9-14,16-17,21,23-24H,2-4,7-8,15,18-20H2,1H3,(H,33,39)(H2,34,35,40)/t21-,23+/m1/s1. The first-order valence-corrected chi connectivity index (χ1v) is 14.6. The van der Waals surface area contributed by atoms with E-state index >= 15 is 0 Å². The Morgan fingerprint density at radius 3 is 2.56 bits per heavy atom. The number of piperidine rings is 1. The van der Waals surface area contributed by atoms with Crippen LogP contribution in [0.5, 0.6) is 5.75 Å². The second-order valence-corrected chi connectivity index (χ2v) is 11.5. The van der Waals surface area contributed by atoms with E-state index in [4.69, 9.17) is 4.74 Å². The van der Waals surface area contributed by atoms with E-state index in [0.717, 1.165) is 56.6 Å². The zero-order chi connectivity index (χ0) is 28.3. The molecule has 1 aliphatic carbocycles. The summed E-state index contributed by atoms with van der Waals surface area (Å²) in [4.78, 5) is 41.2. The maximum Gasteiger partial charge on any atom is 0.323 e. The zero-order valence-electron chi connectivity index (χ0n) is 23.4. The molecular weight excluding hydrogens is 518 g/mol. The summed E-state index contributed by atoms with van der Waals surface area (Å²) < 4.78 is 7.19. The third-order valence-electron chi connectivity index (χ3n) is 8.60. The summed E-state index contributed by atoms with van der Waals surface area (Å²) in [7, 11) is 1.58. The molecule has 0 spiro atoms. The number of carbonyl (C=O) groups is 2. The molecule has 1 saturated heterocycles. The van der Waals surface area contributed by atoms with Gasteiger partial charge in [-0.25, -0.2) is 4.79 Å². The van der Waals surface area contributed by atoms with Gasteiger partial charge in [-0.2, -0.15) is 0 Å². The van der Waals surface area contributed by atoms with Crippen LogP contribution in [0.4, 0.5) is 21.9 Å². The fourth-order valence-electron chi connectivity index (χ4n) is 6.65. The van der Waals surface area contributed by atoms with Gasteiger partial charge < -0.3 is 30.2 Å². The number of rotatable bonds is 6. The molecule has 2 aromatic carbocycles. The first-order chi connectivity index (χ1) is 20.0. The molecule has 2 atom stereocenters. The maximum atomic E-state index is 13.2. The van der Waals surface area contributed by atoms with Crippen LogP contribution in [0.2, 0.25) is 0 Å². The van der Waals surface area contributed by atoms with Crippen molar-refractivity contribution in [1.82, 2.24) is 9.88 Å². The number of fused-ring (bicyclic) bond motifs is 4. The molecule has 6 rings (SSSR count). The van der Waals surface area contributed by atoms with Crippen LogP contribution in [0.15, 0.2) is 65.5 Å². The highest BCUT2D eigenvalue weighted by Crippen LogP contribution is 2.39. The molecule has 0 radical (unpaired) electrons. The van der Waals surface area contributed by atoms with Crippen molar-refractivity contribution in [2.45, 2.75) is 57.0 Å². The average molecular weight is 556 g/mol. The highest BCUT2D eigenvalue weighted by atomic mass is 16.5. The number of carbonyl (C=O) groups excluding carboxylic acids is 2. The van der Waals surface area contributed by atoms with Gasteiger partial charge in [0.25, 0.3) is 11.5 Å². The lowest BCUT2D eigenvalue weighted by Gasteiger charge is -2.44. The Kier molecular flexibility index (Phi) is 7.67. The predicted molar refractivity (Wildman–Crippen MR) is 160 cm³/mol. The quantitative estimate of drug-likeness (QED) is 0.389. The molecule has 2 aliphatic heterocycles. The number of amides is 3. The Labute approximate surface area is 239 Å². The second-order valence-electron chi connectivity index (χ2n) is 11.5. The van der Waals surface area contributed by atoms with Crippen LogP contribution in [0.3, 0.4) is 0 Å². The van der Waals surface area contributed by atoms with Crippen LogP contribution < -0.4 is 31.1 Å². The molecular formula is C32H37N5O4. The molecule has 2 bridgehead atoms. The van der Waals surface area contributed by atoms with E-state index in [-0.39, 0.29) is 23.4 Å². The number of benzene rings is 2. The van der Waals surface area contributed by atoms with E-state index < -0.39 is 6.03 Å². The third-order valence-corrected chi connectivity index (χ3v) is 8.60. The van der Waals surface area contributed by atoms with Crippen molar-refractivity contribution >= 4 is 29.0 Å². The largest absolute Gasteiger partial charge is 0.497 e. The van der Waals surface area contributed by atoms with Crippen molar-refractivity contribution in [3.05, 3.63) is 82.3 Å². The number of urea groups is 1. The minimum atomic E-state index is -0.404. The van der Waals surface area contributed by atoms with Crippen LogP contribution >= 0.6 is 0 Å². The molecule has 41 heavy (non-hydrogen) atoms. The predicted octanol–water partition coefficient (Wildman–Crippen LogP) is 5.19. The van der Waals surface area contributed by atoms with E-state index in [2.05, 4.69) is 20.9 Å². The maximum absolute atomic E-state index is 13.2. The lowest BCUT2D eigenvalue weighted by Crippen LogP contribution is -2.47. The van der Waals surface area contributed by atoms with Gasteiger partial charge >= 0.3 is 6.03 Å². The molecule has 3 amide bonds. The summed E-state index contributed by atoms with van der Waals surface area (Å²) in [5, 5.41) is 9.09. The van der Waals surface area contributed by atoms with Crippen molar-refractivity contribution in [2.75, 3.05) is 35.7 Å². The van der Waals surface area contributed by atoms with Crippen LogP contribution in [-0.2, 0) is 6.54 Å². The summed E-state index contributed by atoms with van der Waals surface area (Å²) >= 11 is 0. The van der Waals surface area contributed by atoms with Crippen molar-refractivity contribution in [2.24, 2.45) is 5.92 Å². The van der Waals surface area contributed by atoms with Crippen LogP contribution in [0, 0.1) is 5.92 Å². The number of nitrogens with zero attached hydrogens (tertiary/aromatic N) is 2. The normalized spacial score (nSPS) is 20.1. The topological polar surface area (TPSA) is 105 Å². The van der Waals surface area contributed by atoms with Gasteiger partial charge in [-0.05, 0) is 61.6 Å². The van der Waals surface area contributed by atoms with Crippen molar-refractivity contribution in [3.8, 4) is 5.75 Å². The Hall–Kier alpha value is -4.27. The number of anilines is 3. The molecule has 2 fully saturated rings. The average Bonchev–Trinajstić information content (AvgIpc) is 2.98. The first-order valence-electron chi connectivity index (χ1n) is 14.6. The Morgan fingerprint density at radius 1 is 0.902 bits per heavy atom. The summed E-state index contributed by atoms with van der Waals surface area (Å²) in [6, 6.07) is 18.0. The van der Waals surface area contributed by atoms with Gasteiger partial charge in [0.2, 0.25) is 0 Å². The Morgan fingerprint density at radius 2 is 1.73 bits per heavy atom. The van der Waals surface area contributed by atoms with E-state index in [1.54, 1.807) is 31.4 Å². The summed E-state index contributed by atoms with van der Waals surface area (Å²) in [5.41, 5.74) is 3.67. The second kappa shape index (κ2) is 11.7. The molecule has 3 aromatic rings. The number of methoxy groups -OCH3 is 1. The van der Waals surface area contributed by atoms with Gasteiger partial charge in [-0.1, -0.05) is 31.4 Å². The van der Waals surface area contributed by atoms with E-state index in [1.165, 1.54) is 6.42 Å². The summed E-state index contributed by atoms with van der Waals surface area (Å²) in [6.45, 7) is 2.17. The van der Waals surface area contributed by atoms with E-state index in [1.807, 2.05) is 41.0 Å². The molecule has 3 N–H and O–H groups in total. The lowest BCUT2D eigenvalue weighted by molar-refractivity contribution is 0.0927. The van der Waals surface area contributed by atoms with Gasteiger partial charge in [0, 0.05) is 60.7 Å². The molecule has 9 heteroatoms. The number of nitrogens with one attached hydrogen (secondary N) is 3. The number of pyridine rings is 1. The monoisotopic (exact) mass is 555 g/mol. The van der Waals surface area contributed by atoms with Gasteiger partial charge in [0.05, 0.1) is 18.5 Å². The number of hydrogen-bond acceptors (Lipinski definition) is 5. The highest BCUT2D eigenvalue weighted by Gasteiger charge is 2.35. The minimum absolute atomic E-state index is 0.0514. The molecule has 1 saturated carbocycles. The zero-order valence-corrected chi connectivity index (χ0v) is 23.4. The van der Waals surface area contributed by atoms with Gasteiger partial charge in [0.1, 0.15) is 5.75 Å². The number of ether oxygens (including phenoxy) is 1. The van der Waals surface area contributed by atoms with E-state index in [0.29, 0.717) is 35.2 Å². The molecule has 9 nitrogen and oxygen atoms in total. The third kappa shape index (κ3) is 5.94. The lowest BCUT2D eigenvalue weighted by atomic mass is 9.83.